The monoisotopic (exact) mass is 194 g/mol. The maximum absolute atomic E-state index is 8.61. The van der Waals surface area contributed by atoms with Gasteiger partial charge in [-0.3, -0.25) is 0 Å². The molecule has 1 aromatic rings. The molecule has 2 N–H and O–H groups in total. The summed E-state index contributed by atoms with van der Waals surface area (Å²) >= 11 is 5.95. The van der Waals surface area contributed by atoms with E-state index in [0.717, 1.165) is 12.0 Å². The third-order valence-electron chi connectivity index (χ3n) is 1.97. The number of nitriles is 1. The standard InChI is InChI=1S/C10H11ClN2/c1-2-10(13)8-4-3-7(6-12)5-9(8)11/h3-5,10H,2,13H2,1H3/t10-/m1/s1. The van der Waals surface area contributed by atoms with Crippen LogP contribution in [0.1, 0.15) is 30.5 Å². The first-order valence-corrected chi connectivity index (χ1v) is 4.52. The Morgan fingerprint density at radius 2 is 2.31 bits per heavy atom. The summed E-state index contributed by atoms with van der Waals surface area (Å²) in [6, 6.07) is 7.18. The number of nitrogens with two attached hydrogens (primary N) is 1. The Kier molecular flexibility index (Phi) is 3.30. The Morgan fingerprint density at radius 3 is 2.77 bits per heavy atom. The van der Waals surface area contributed by atoms with Gasteiger partial charge in [0.15, 0.2) is 0 Å². The zero-order chi connectivity index (χ0) is 9.84. The van der Waals surface area contributed by atoms with Crippen molar-refractivity contribution in [2.24, 2.45) is 5.73 Å². The van der Waals surface area contributed by atoms with Gasteiger partial charge in [0.05, 0.1) is 11.6 Å². The molecule has 0 aromatic heterocycles. The summed E-state index contributed by atoms with van der Waals surface area (Å²) in [7, 11) is 0. The van der Waals surface area contributed by atoms with Crippen molar-refractivity contribution in [2.75, 3.05) is 0 Å². The van der Waals surface area contributed by atoms with Gasteiger partial charge in [0, 0.05) is 11.1 Å². The largest absolute Gasteiger partial charge is 0.324 e. The van der Waals surface area contributed by atoms with Crippen LogP contribution in [0.4, 0.5) is 0 Å². The average Bonchev–Trinajstić information content (AvgIpc) is 2.16. The van der Waals surface area contributed by atoms with E-state index in [0.29, 0.717) is 10.6 Å². The molecule has 0 saturated heterocycles. The highest BCUT2D eigenvalue weighted by Gasteiger charge is 2.07. The molecule has 13 heavy (non-hydrogen) atoms. The molecule has 0 aliphatic rings. The minimum absolute atomic E-state index is 0.0414. The molecule has 0 fully saturated rings. The normalized spacial score (nSPS) is 12.2. The van der Waals surface area contributed by atoms with E-state index >= 15 is 0 Å². The fraction of sp³-hybridized carbons (Fsp3) is 0.300. The van der Waals surface area contributed by atoms with Gasteiger partial charge >= 0.3 is 0 Å². The number of nitrogens with zero attached hydrogens (tertiary/aromatic N) is 1. The topological polar surface area (TPSA) is 49.8 Å². The van der Waals surface area contributed by atoms with Crippen LogP contribution in [0.3, 0.4) is 0 Å². The van der Waals surface area contributed by atoms with Crippen molar-refractivity contribution in [1.82, 2.24) is 0 Å². The van der Waals surface area contributed by atoms with Crippen molar-refractivity contribution in [3.63, 3.8) is 0 Å². The van der Waals surface area contributed by atoms with Gasteiger partial charge in [-0.15, -0.1) is 0 Å². The molecule has 1 atom stereocenters. The Morgan fingerprint density at radius 1 is 1.62 bits per heavy atom. The van der Waals surface area contributed by atoms with Gasteiger partial charge in [-0.05, 0) is 24.1 Å². The third kappa shape index (κ3) is 2.21. The van der Waals surface area contributed by atoms with Crippen molar-refractivity contribution in [3.8, 4) is 6.07 Å². The van der Waals surface area contributed by atoms with Crippen molar-refractivity contribution >= 4 is 11.6 Å². The van der Waals surface area contributed by atoms with Crippen LogP contribution in [0.5, 0.6) is 0 Å². The number of benzene rings is 1. The Balaban J connectivity index is 3.07. The second kappa shape index (κ2) is 4.27. The van der Waals surface area contributed by atoms with Gasteiger partial charge in [-0.25, -0.2) is 0 Å². The van der Waals surface area contributed by atoms with Crippen LogP contribution in [-0.4, -0.2) is 0 Å². The first-order valence-electron chi connectivity index (χ1n) is 4.14. The van der Waals surface area contributed by atoms with Gasteiger partial charge in [-0.1, -0.05) is 24.6 Å². The van der Waals surface area contributed by atoms with E-state index in [1.54, 1.807) is 12.1 Å². The highest BCUT2D eigenvalue weighted by Crippen LogP contribution is 2.24. The van der Waals surface area contributed by atoms with Gasteiger partial charge in [0.1, 0.15) is 0 Å². The molecule has 0 aliphatic carbocycles. The predicted molar refractivity (Wildman–Crippen MR) is 53.4 cm³/mol. The molecule has 0 heterocycles. The van der Waals surface area contributed by atoms with Crippen molar-refractivity contribution in [1.29, 1.82) is 5.26 Å². The first kappa shape index (κ1) is 10.0. The molecule has 0 aliphatic heterocycles. The molecular formula is C10H11ClN2. The molecule has 3 heteroatoms. The average molecular weight is 195 g/mol. The predicted octanol–water partition coefficient (Wildman–Crippen LogP) is 2.62. The first-order chi connectivity index (χ1) is 6.19. The van der Waals surface area contributed by atoms with Crippen LogP contribution in [0.15, 0.2) is 18.2 Å². The minimum Gasteiger partial charge on any atom is -0.324 e. The Hall–Kier alpha value is -1.04. The zero-order valence-electron chi connectivity index (χ0n) is 7.42. The third-order valence-corrected chi connectivity index (χ3v) is 2.30. The van der Waals surface area contributed by atoms with Crippen LogP contribution < -0.4 is 5.73 Å². The molecule has 0 unspecified atom stereocenters. The zero-order valence-corrected chi connectivity index (χ0v) is 8.17. The van der Waals surface area contributed by atoms with Crippen molar-refractivity contribution < 1.29 is 0 Å². The van der Waals surface area contributed by atoms with E-state index in [2.05, 4.69) is 0 Å². The number of halogens is 1. The maximum Gasteiger partial charge on any atom is 0.0992 e. The number of rotatable bonds is 2. The quantitative estimate of drug-likeness (QED) is 0.787. The van der Waals surface area contributed by atoms with Crippen LogP contribution in [0, 0.1) is 11.3 Å². The SMILES string of the molecule is CC[C@@H](N)c1ccc(C#N)cc1Cl. The summed E-state index contributed by atoms with van der Waals surface area (Å²) in [5.41, 5.74) is 7.29. The number of hydrogen-bond donors (Lipinski definition) is 1. The molecule has 0 bridgehead atoms. The summed E-state index contributed by atoms with van der Waals surface area (Å²) in [5, 5.41) is 9.19. The highest BCUT2D eigenvalue weighted by atomic mass is 35.5. The van der Waals surface area contributed by atoms with E-state index in [4.69, 9.17) is 22.6 Å². The number of hydrogen-bond acceptors (Lipinski definition) is 2. The second-order valence-electron chi connectivity index (χ2n) is 2.86. The lowest BCUT2D eigenvalue weighted by Crippen LogP contribution is -2.09. The Bertz CT molecular complexity index is 341. The highest BCUT2D eigenvalue weighted by molar-refractivity contribution is 6.31. The summed E-state index contributed by atoms with van der Waals surface area (Å²) in [6.45, 7) is 2.00. The minimum atomic E-state index is -0.0414. The van der Waals surface area contributed by atoms with Gasteiger partial charge in [0.25, 0.3) is 0 Å². The summed E-state index contributed by atoms with van der Waals surface area (Å²) in [5.74, 6) is 0. The summed E-state index contributed by atoms with van der Waals surface area (Å²) < 4.78 is 0. The van der Waals surface area contributed by atoms with Crippen LogP contribution in [0.25, 0.3) is 0 Å². The molecule has 0 amide bonds. The smallest absolute Gasteiger partial charge is 0.0992 e. The van der Waals surface area contributed by atoms with E-state index in [9.17, 15) is 0 Å². The Labute approximate surface area is 82.9 Å². The molecule has 68 valence electrons. The molecule has 2 nitrogen and oxygen atoms in total. The molecule has 1 rings (SSSR count). The maximum atomic E-state index is 8.61. The van der Waals surface area contributed by atoms with E-state index in [1.807, 2.05) is 19.1 Å². The molecule has 0 radical (unpaired) electrons. The van der Waals surface area contributed by atoms with E-state index in [1.165, 1.54) is 0 Å². The molecule has 0 spiro atoms. The molecule has 0 saturated carbocycles. The summed E-state index contributed by atoms with van der Waals surface area (Å²) in [4.78, 5) is 0. The molecular weight excluding hydrogens is 184 g/mol. The van der Waals surface area contributed by atoms with Gasteiger partial charge in [0.2, 0.25) is 0 Å². The lowest BCUT2D eigenvalue weighted by molar-refractivity contribution is 0.699. The van der Waals surface area contributed by atoms with Crippen LogP contribution in [0.2, 0.25) is 5.02 Å². The summed E-state index contributed by atoms with van der Waals surface area (Å²) in [6.07, 6.45) is 0.839. The lowest BCUT2D eigenvalue weighted by Gasteiger charge is -2.10. The van der Waals surface area contributed by atoms with Crippen molar-refractivity contribution in [3.05, 3.63) is 34.3 Å². The van der Waals surface area contributed by atoms with Crippen molar-refractivity contribution in [2.45, 2.75) is 19.4 Å². The fourth-order valence-electron chi connectivity index (χ4n) is 1.12. The van der Waals surface area contributed by atoms with Crippen LogP contribution in [-0.2, 0) is 0 Å². The lowest BCUT2D eigenvalue weighted by atomic mass is 10.0. The van der Waals surface area contributed by atoms with E-state index in [-0.39, 0.29) is 6.04 Å². The van der Waals surface area contributed by atoms with Gasteiger partial charge < -0.3 is 5.73 Å². The van der Waals surface area contributed by atoms with E-state index < -0.39 is 0 Å². The fourth-order valence-corrected chi connectivity index (χ4v) is 1.44. The second-order valence-corrected chi connectivity index (χ2v) is 3.27. The molecule has 1 aromatic carbocycles. The van der Waals surface area contributed by atoms with Gasteiger partial charge in [-0.2, -0.15) is 5.26 Å². The van der Waals surface area contributed by atoms with Crippen LogP contribution >= 0.6 is 11.6 Å².